The number of likely N-dealkylation sites (N-methyl/N-ethyl adjacent to an activating group) is 1. The fraction of sp³-hybridized carbons (Fsp3) is 0.286. The molecule has 1 atom stereocenters. The predicted molar refractivity (Wildman–Crippen MR) is 104 cm³/mol. The van der Waals surface area contributed by atoms with Gasteiger partial charge in [0.15, 0.2) is 17.3 Å². The lowest BCUT2D eigenvalue weighted by Crippen LogP contribution is -2.34. The first-order valence-corrected chi connectivity index (χ1v) is 8.91. The van der Waals surface area contributed by atoms with Crippen molar-refractivity contribution in [1.29, 1.82) is 0 Å². The molecule has 28 heavy (non-hydrogen) atoms. The van der Waals surface area contributed by atoms with Crippen molar-refractivity contribution in [2.45, 2.75) is 12.6 Å². The molecule has 0 saturated heterocycles. The third-order valence-corrected chi connectivity index (χ3v) is 4.28. The maximum atomic E-state index is 12.4. The quantitative estimate of drug-likeness (QED) is 0.609. The van der Waals surface area contributed by atoms with Gasteiger partial charge in [-0.1, -0.05) is 12.1 Å². The summed E-state index contributed by atoms with van der Waals surface area (Å²) in [6, 6.07) is 14.4. The number of carbonyl (C=O) groups is 1. The van der Waals surface area contributed by atoms with E-state index in [9.17, 15) is 4.79 Å². The van der Waals surface area contributed by atoms with Gasteiger partial charge in [0.1, 0.15) is 18.1 Å². The molecule has 148 valence electrons. The molecule has 2 heterocycles. The molecule has 0 aliphatic heterocycles. The first-order valence-electron chi connectivity index (χ1n) is 8.91. The molecule has 0 fully saturated rings. The Morgan fingerprint density at radius 1 is 1.11 bits per heavy atom. The van der Waals surface area contributed by atoms with E-state index >= 15 is 0 Å². The van der Waals surface area contributed by atoms with Crippen LogP contribution in [-0.4, -0.2) is 38.6 Å². The second kappa shape index (κ2) is 9.14. The van der Waals surface area contributed by atoms with Crippen molar-refractivity contribution in [2.24, 2.45) is 0 Å². The molecule has 1 aromatic carbocycles. The summed E-state index contributed by atoms with van der Waals surface area (Å²) in [6.07, 6.45) is 1.62. The first-order chi connectivity index (χ1) is 13.6. The molecule has 3 aromatic rings. The molecule has 0 bridgehead atoms. The highest BCUT2D eigenvalue weighted by atomic mass is 16.5. The zero-order valence-electron chi connectivity index (χ0n) is 16.2. The number of hydrogen-bond donors (Lipinski definition) is 1. The van der Waals surface area contributed by atoms with Gasteiger partial charge in [-0.15, -0.1) is 0 Å². The maximum absolute atomic E-state index is 12.4. The second-order valence-corrected chi connectivity index (χ2v) is 6.41. The number of para-hydroxylation sites is 2. The number of rotatable bonds is 9. The Morgan fingerprint density at radius 3 is 2.57 bits per heavy atom. The van der Waals surface area contributed by atoms with Crippen molar-refractivity contribution >= 4 is 5.91 Å². The normalized spacial score (nSPS) is 12.0. The molecule has 0 radical (unpaired) electrons. The SMILES string of the molecule is COc1ccccc1OCc1ccc(C(=O)NCC(c2ccco2)N(C)C)o1. The molecule has 1 unspecified atom stereocenters. The average molecular weight is 384 g/mol. The lowest BCUT2D eigenvalue weighted by atomic mass is 10.2. The van der Waals surface area contributed by atoms with E-state index in [-0.39, 0.29) is 24.3 Å². The van der Waals surface area contributed by atoms with Crippen LogP contribution in [0.1, 0.15) is 28.1 Å². The molecule has 7 heteroatoms. The minimum Gasteiger partial charge on any atom is -0.493 e. The van der Waals surface area contributed by atoms with Gasteiger partial charge in [-0.2, -0.15) is 0 Å². The Balaban J connectivity index is 1.56. The van der Waals surface area contributed by atoms with Crippen LogP contribution >= 0.6 is 0 Å². The number of methoxy groups -OCH3 is 1. The van der Waals surface area contributed by atoms with Crippen LogP contribution < -0.4 is 14.8 Å². The summed E-state index contributed by atoms with van der Waals surface area (Å²) >= 11 is 0. The lowest BCUT2D eigenvalue weighted by Gasteiger charge is -2.22. The Morgan fingerprint density at radius 2 is 1.89 bits per heavy atom. The fourth-order valence-corrected chi connectivity index (χ4v) is 2.76. The molecule has 0 spiro atoms. The third kappa shape index (κ3) is 4.75. The van der Waals surface area contributed by atoms with Crippen LogP contribution in [0.15, 0.2) is 63.6 Å². The van der Waals surface area contributed by atoms with Crippen LogP contribution in [0.4, 0.5) is 0 Å². The van der Waals surface area contributed by atoms with Gasteiger partial charge in [-0.25, -0.2) is 0 Å². The third-order valence-electron chi connectivity index (χ3n) is 4.28. The van der Waals surface area contributed by atoms with Crippen LogP contribution in [0, 0.1) is 0 Å². The molecule has 3 rings (SSSR count). The Kier molecular flexibility index (Phi) is 6.39. The number of hydrogen-bond acceptors (Lipinski definition) is 6. The summed E-state index contributed by atoms with van der Waals surface area (Å²) in [7, 11) is 5.44. The van der Waals surface area contributed by atoms with Crippen molar-refractivity contribution in [3.63, 3.8) is 0 Å². The van der Waals surface area contributed by atoms with Crippen molar-refractivity contribution in [3.8, 4) is 11.5 Å². The van der Waals surface area contributed by atoms with E-state index in [1.54, 1.807) is 25.5 Å². The van der Waals surface area contributed by atoms with E-state index in [1.165, 1.54) is 0 Å². The van der Waals surface area contributed by atoms with Crippen LogP contribution in [0.3, 0.4) is 0 Å². The monoisotopic (exact) mass is 384 g/mol. The van der Waals surface area contributed by atoms with E-state index in [1.807, 2.05) is 55.4 Å². The van der Waals surface area contributed by atoms with Crippen LogP contribution in [0.5, 0.6) is 11.5 Å². The van der Waals surface area contributed by atoms with Gasteiger partial charge in [0.2, 0.25) is 0 Å². The highest BCUT2D eigenvalue weighted by molar-refractivity contribution is 5.91. The van der Waals surface area contributed by atoms with Gasteiger partial charge in [0, 0.05) is 6.54 Å². The topological polar surface area (TPSA) is 77.1 Å². The molecule has 7 nitrogen and oxygen atoms in total. The Bertz CT molecular complexity index is 886. The fourth-order valence-electron chi connectivity index (χ4n) is 2.76. The van der Waals surface area contributed by atoms with Crippen molar-refractivity contribution < 1.29 is 23.1 Å². The number of benzene rings is 1. The van der Waals surface area contributed by atoms with Crippen molar-refractivity contribution in [2.75, 3.05) is 27.7 Å². The molecule has 1 N–H and O–H groups in total. The summed E-state index contributed by atoms with van der Waals surface area (Å²) < 4.78 is 22.0. The lowest BCUT2D eigenvalue weighted by molar-refractivity contribution is 0.0907. The first kappa shape index (κ1) is 19.6. The predicted octanol–water partition coefficient (Wildman–Crippen LogP) is 3.49. The van der Waals surface area contributed by atoms with Gasteiger partial charge in [-0.05, 0) is 50.5 Å². The zero-order valence-corrected chi connectivity index (χ0v) is 16.2. The van der Waals surface area contributed by atoms with E-state index in [4.69, 9.17) is 18.3 Å². The maximum Gasteiger partial charge on any atom is 0.287 e. The highest BCUT2D eigenvalue weighted by Gasteiger charge is 2.19. The minimum absolute atomic E-state index is 0.0674. The van der Waals surface area contributed by atoms with Gasteiger partial charge in [0.05, 0.1) is 19.4 Å². The van der Waals surface area contributed by atoms with Crippen molar-refractivity contribution in [3.05, 3.63) is 72.1 Å². The molecule has 2 aromatic heterocycles. The minimum atomic E-state index is -0.290. The number of nitrogens with one attached hydrogen (secondary N) is 1. The summed E-state index contributed by atoms with van der Waals surface area (Å²) in [5, 5.41) is 2.88. The molecule has 0 saturated carbocycles. The molecule has 0 aliphatic carbocycles. The van der Waals surface area contributed by atoms with Crippen LogP contribution in [0.25, 0.3) is 0 Å². The highest BCUT2D eigenvalue weighted by Crippen LogP contribution is 2.27. The van der Waals surface area contributed by atoms with E-state index in [2.05, 4.69) is 5.32 Å². The van der Waals surface area contributed by atoms with Gasteiger partial charge < -0.3 is 23.6 Å². The largest absolute Gasteiger partial charge is 0.493 e. The number of amides is 1. The number of ether oxygens (including phenoxy) is 2. The molecular weight excluding hydrogens is 360 g/mol. The summed E-state index contributed by atoms with van der Waals surface area (Å²) in [5.41, 5.74) is 0. The van der Waals surface area contributed by atoms with Gasteiger partial charge in [-0.3, -0.25) is 9.69 Å². The van der Waals surface area contributed by atoms with E-state index in [0.717, 1.165) is 5.76 Å². The summed E-state index contributed by atoms with van der Waals surface area (Å²) in [4.78, 5) is 14.4. The average Bonchev–Trinajstić information content (AvgIpc) is 3.38. The number of carbonyl (C=O) groups excluding carboxylic acids is 1. The van der Waals surface area contributed by atoms with Crippen LogP contribution in [-0.2, 0) is 6.61 Å². The van der Waals surface area contributed by atoms with Gasteiger partial charge in [0.25, 0.3) is 5.91 Å². The second-order valence-electron chi connectivity index (χ2n) is 6.41. The smallest absolute Gasteiger partial charge is 0.287 e. The zero-order chi connectivity index (χ0) is 19.9. The van der Waals surface area contributed by atoms with E-state index in [0.29, 0.717) is 23.8 Å². The van der Waals surface area contributed by atoms with Gasteiger partial charge >= 0.3 is 0 Å². The number of nitrogens with zero attached hydrogens (tertiary/aromatic N) is 1. The Hall–Kier alpha value is -3.19. The molecule has 1 amide bonds. The standard InChI is InChI=1S/C21H24N2O5/c1-23(2)16(17-9-6-12-26-17)13-22-21(24)20-11-10-15(28-20)14-27-19-8-5-4-7-18(19)25-3/h4-12,16H,13-14H2,1-3H3,(H,22,24). The number of furan rings is 2. The molecular formula is C21H24N2O5. The summed E-state index contributed by atoms with van der Waals surface area (Å²) in [6.45, 7) is 0.591. The molecule has 0 aliphatic rings. The van der Waals surface area contributed by atoms with Crippen molar-refractivity contribution in [1.82, 2.24) is 10.2 Å². The summed E-state index contributed by atoms with van der Waals surface area (Å²) in [5.74, 6) is 2.53. The van der Waals surface area contributed by atoms with Crippen LogP contribution in [0.2, 0.25) is 0 Å². The van der Waals surface area contributed by atoms with E-state index < -0.39 is 0 Å². The Labute approximate surface area is 163 Å².